The highest BCUT2D eigenvalue weighted by Crippen LogP contribution is 2.38. The molecule has 0 radical (unpaired) electrons. The number of hydrogen-bond donors (Lipinski definition) is 0. The van der Waals surface area contributed by atoms with Gasteiger partial charge in [-0.2, -0.15) is 4.57 Å². The molecule has 0 bridgehead atoms. The van der Waals surface area contributed by atoms with Gasteiger partial charge >= 0.3 is 0 Å². The van der Waals surface area contributed by atoms with E-state index < -0.39 is 0 Å². The van der Waals surface area contributed by atoms with Gasteiger partial charge in [-0.1, -0.05) is 31.2 Å². The molecule has 18 heavy (non-hydrogen) atoms. The largest absolute Gasteiger partial charge is 0.213 e. The average Bonchev–Trinajstić information content (AvgIpc) is 2.43. The molecule has 2 unspecified atom stereocenters. The number of rotatable bonds is 2. The number of fused-ring (bicyclic) bond motifs is 3. The molecule has 0 amide bonds. The third-order valence-corrected chi connectivity index (χ3v) is 3.96. The first-order chi connectivity index (χ1) is 8.83. The number of benzene rings is 1. The minimum Gasteiger partial charge on any atom is -0.195 e. The van der Waals surface area contributed by atoms with Crippen LogP contribution in [0.15, 0.2) is 61.3 Å². The highest BCUT2D eigenvalue weighted by Gasteiger charge is 2.35. The average molecular weight is 236 g/mol. The van der Waals surface area contributed by atoms with Gasteiger partial charge in [0.15, 0.2) is 12.2 Å². The van der Waals surface area contributed by atoms with E-state index in [-0.39, 0.29) is 0 Å². The Bertz CT molecular complexity index is 586. The topological polar surface area (TPSA) is 3.88 Å². The molecule has 2 atom stereocenters. The number of pyridine rings is 1. The summed E-state index contributed by atoms with van der Waals surface area (Å²) < 4.78 is 2.40. The van der Waals surface area contributed by atoms with Crippen molar-refractivity contribution in [3.8, 4) is 11.3 Å². The van der Waals surface area contributed by atoms with Gasteiger partial charge in [0.1, 0.15) is 0 Å². The normalized spacial score (nSPS) is 20.9. The van der Waals surface area contributed by atoms with Gasteiger partial charge < -0.3 is 0 Å². The molecule has 1 aromatic heterocycles. The highest BCUT2D eigenvalue weighted by atomic mass is 15.0. The Labute approximate surface area is 108 Å². The second-order valence-electron chi connectivity index (χ2n) is 4.96. The smallest absolute Gasteiger partial charge is 0.195 e. The Hall–Kier alpha value is -1.89. The molecule has 2 heterocycles. The van der Waals surface area contributed by atoms with Crippen LogP contribution in [-0.4, -0.2) is 0 Å². The fraction of sp³-hybridized carbons (Fsp3) is 0.235. The van der Waals surface area contributed by atoms with E-state index >= 15 is 0 Å². The first-order valence-corrected chi connectivity index (χ1v) is 6.53. The Kier molecular flexibility index (Phi) is 2.75. The van der Waals surface area contributed by atoms with Crippen LogP contribution in [0.4, 0.5) is 0 Å². The zero-order chi connectivity index (χ0) is 12.5. The molecule has 1 heteroatoms. The first-order valence-electron chi connectivity index (χ1n) is 6.53. The fourth-order valence-corrected chi connectivity index (χ4v) is 3.04. The summed E-state index contributed by atoms with van der Waals surface area (Å²) in [6, 6.07) is 15.7. The van der Waals surface area contributed by atoms with Gasteiger partial charge in [0.05, 0.1) is 0 Å². The van der Waals surface area contributed by atoms with E-state index in [1.807, 2.05) is 6.08 Å². The Morgan fingerprint density at radius 2 is 1.94 bits per heavy atom. The van der Waals surface area contributed by atoms with E-state index in [9.17, 15) is 0 Å². The number of nitrogens with zero attached hydrogens (tertiary/aromatic N) is 1. The summed E-state index contributed by atoms with van der Waals surface area (Å²) >= 11 is 0. The summed E-state index contributed by atoms with van der Waals surface area (Å²) in [7, 11) is 0. The van der Waals surface area contributed by atoms with E-state index in [1.54, 1.807) is 0 Å². The SMILES string of the molecule is C=CCC1C(C)c2ccccc2-c2cccc[n+]21. The minimum atomic E-state index is 0.480. The maximum Gasteiger partial charge on any atom is 0.213 e. The van der Waals surface area contributed by atoms with Crippen molar-refractivity contribution in [2.45, 2.75) is 25.3 Å². The third-order valence-electron chi connectivity index (χ3n) is 3.96. The molecule has 1 aromatic carbocycles. The number of aromatic nitrogens is 1. The molecule has 2 aromatic rings. The minimum absolute atomic E-state index is 0.480. The van der Waals surface area contributed by atoms with Gasteiger partial charge in [-0.15, -0.1) is 6.58 Å². The van der Waals surface area contributed by atoms with Crippen molar-refractivity contribution in [3.63, 3.8) is 0 Å². The predicted molar refractivity (Wildman–Crippen MR) is 74.3 cm³/mol. The lowest BCUT2D eigenvalue weighted by Gasteiger charge is -2.27. The molecular weight excluding hydrogens is 218 g/mol. The van der Waals surface area contributed by atoms with Crippen molar-refractivity contribution in [2.75, 3.05) is 0 Å². The van der Waals surface area contributed by atoms with Crippen molar-refractivity contribution in [1.82, 2.24) is 0 Å². The zero-order valence-electron chi connectivity index (χ0n) is 10.7. The van der Waals surface area contributed by atoms with Crippen LogP contribution in [0.5, 0.6) is 0 Å². The molecule has 90 valence electrons. The summed E-state index contributed by atoms with van der Waals surface area (Å²) in [6.07, 6.45) is 5.23. The lowest BCUT2D eigenvalue weighted by molar-refractivity contribution is -0.717. The lowest BCUT2D eigenvalue weighted by Crippen LogP contribution is -2.46. The molecule has 1 nitrogen and oxygen atoms in total. The predicted octanol–water partition coefficient (Wildman–Crippen LogP) is 3.88. The van der Waals surface area contributed by atoms with Crippen LogP contribution >= 0.6 is 0 Å². The second kappa shape index (κ2) is 4.41. The summed E-state index contributed by atoms with van der Waals surface area (Å²) in [4.78, 5) is 0. The van der Waals surface area contributed by atoms with Crippen molar-refractivity contribution in [1.29, 1.82) is 0 Å². The zero-order valence-corrected chi connectivity index (χ0v) is 10.7. The number of hydrogen-bond acceptors (Lipinski definition) is 0. The van der Waals surface area contributed by atoms with Crippen LogP contribution < -0.4 is 4.57 Å². The fourth-order valence-electron chi connectivity index (χ4n) is 3.04. The van der Waals surface area contributed by atoms with Crippen molar-refractivity contribution in [2.24, 2.45) is 0 Å². The van der Waals surface area contributed by atoms with E-state index in [1.165, 1.54) is 16.8 Å². The molecule has 0 fully saturated rings. The molecule has 0 saturated heterocycles. The molecule has 3 rings (SSSR count). The molecular formula is C17H18N+. The van der Waals surface area contributed by atoms with E-state index in [0.717, 1.165) is 6.42 Å². The summed E-state index contributed by atoms with van der Waals surface area (Å²) in [5.41, 5.74) is 4.14. The summed E-state index contributed by atoms with van der Waals surface area (Å²) in [5, 5.41) is 0. The summed E-state index contributed by atoms with van der Waals surface area (Å²) in [6.45, 7) is 6.22. The molecule has 1 aliphatic heterocycles. The van der Waals surface area contributed by atoms with Gasteiger partial charge in [0.25, 0.3) is 0 Å². The quantitative estimate of drug-likeness (QED) is 0.550. The summed E-state index contributed by atoms with van der Waals surface area (Å²) in [5.74, 6) is 0.527. The standard InChI is InChI=1S/C17H18N/c1-3-8-16-13(2)14-9-4-5-10-15(14)17-11-6-7-12-18(16)17/h3-7,9-13,16H,1,8H2,2H3/q+1. The maximum absolute atomic E-state index is 3.90. The van der Waals surface area contributed by atoms with Crippen molar-refractivity contribution >= 4 is 0 Å². The molecule has 0 N–H and O–H groups in total. The maximum atomic E-state index is 3.90. The molecule has 0 aliphatic carbocycles. The monoisotopic (exact) mass is 236 g/mol. The van der Waals surface area contributed by atoms with Gasteiger partial charge in [0, 0.05) is 30.0 Å². The van der Waals surface area contributed by atoms with Gasteiger partial charge in [-0.3, -0.25) is 0 Å². The first kappa shape index (κ1) is 11.2. The van der Waals surface area contributed by atoms with Crippen LogP contribution in [-0.2, 0) is 0 Å². The molecule has 0 saturated carbocycles. The van der Waals surface area contributed by atoms with Crippen LogP contribution in [0.25, 0.3) is 11.3 Å². The molecule has 0 spiro atoms. The highest BCUT2D eigenvalue weighted by molar-refractivity contribution is 5.63. The Morgan fingerprint density at radius 3 is 2.78 bits per heavy atom. The molecule has 1 aliphatic rings. The third kappa shape index (κ3) is 1.59. The Morgan fingerprint density at radius 1 is 1.17 bits per heavy atom. The van der Waals surface area contributed by atoms with Crippen molar-refractivity contribution in [3.05, 3.63) is 66.9 Å². The van der Waals surface area contributed by atoms with Crippen LogP contribution in [0.1, 0.15) is 30.9 Å². The van der Waals surface area contributed by atoms with Crippen LogP contribution in [0.2, 0.25) is 0 Å². The second-order valence-corrected chi connectivity index (χ2v) is 4.96. The Balaban J connectivity index is 2.24. The lowest BCUT2D eigenvalue weighted by atomic mass is 9.83. The van der Waals surface area contributed by atoms with Gasteiger partial charge in [-0.25, -0.2) is 0 Å². The van der Waals surface area contributed by atoms with Crippen molar-refractivity contribution < 1.29 is 4.57 Å². The van der Waals surface area contributed by atoms with Crippen LogP contribution in [0.3, 0.4) is 0 Å². The van der Waals surface area contributed by atoms with E-state index in [0.29, 0.717) is 12.0 Å². The number of allylic oxidation sites excluding steroid dienone is 1. The van der Waals surface area contributed by atoms with E-state index in [2.05, 4.69) is 66.7 Å². The van der Waals surface area contributed by atoms with Crippen LogP contribution in [0, 0.1) is 0 Å². The van der Waals surface area contributed by atoms with Gasteiger partial charge in [0.2, 0.25) is 5.69 Å². The van der Waals surface area contributed by atoms with Gasteiger partial charge in [-0.05, 0) is 17.7 Å². The van der Waals surface area contributed by atoms with E-state index in [4.69, 9.17) is 0 Å².